The molecular weight excluding hydrogens is 485 g/mol. The first-order valence-corrected chi connectivity index (χ1v) is 20.1. The van der Waals surface area contributed by atoms with E-state index < -0.39 is 27.8 Å². The predicted molar refractivity (Wildman–Crippen MR) is 159 cm³/mol. The molecule has 0 saturated carbocycles. The van der Waals surface area contributed by atoms with E-state index >= 15 is 0 Å². The number of hydrogen-bond donors (Lipinski definition) is 0. The maximum Gasteiger partial charge on any atom is 0.185 e. The van der Waals surface area contributed by atoms with Crippen molar-refractivity contribution in [2.24, 2.45) is 0 Å². The summed E-state index contributed by atoms with van der Waals surface area (Å²) in [5, 5.41) is 0. The molecule has 2 nitrogen and oxygen atoms in total. The highest BCUT2D eigenvalue weighted by Crippen LogP contribution is 2.61. The van der Waals surface area contributed by atoms with E-state index in [-0.39, 0.29) is 0 Å². The van der Waals surface area contributed by atoms with E-state index in [4.69, 9.17) is 8.85 Å². The summed E-state index contributed by atoms with van der Waals surface area (Å²) in [7, 11) is -4.04. The van der Waals surface area contributed by atoms with Crippen molar-refractivity contribution in [3.05, 3.63) is 119 Å². The van der Waals surface area contributed by atoms with Gasteiger partial charge in [0.25, 0.3) is 0 Å². The molecule has 0 saturated heterocycles. The zero-order chi connectivity index (χ0) is 26.1. The predicted octanol–water partition coefficient (Wildman–Crippen LogP) is 8.93. The van der Waals surface area contributed by atoms with Crippen LogP contribution in [-0.4, -0.2) is 16.6 Å². The quantitative estimate of drug-likeness (QED) is 0.236. The highest BCUT2D eigenvalue weighted by atomic mass is 28.4. The summed E-state index contributed by atoms with van der Waals surface area (Å²) in [5.41, 5.74) is 8.94. The van der Waals surface area contributed by atoms with Crippen LogP contribution in [0, 0.1) is 0 Å². The molecule has 0 unspecified atom stereocenters. The first-order chi connectivity index (χ1) is 17.5. The first-order valence-electron chi connectivity index (χ1n) is 13.3. The Morgan fingerprint density at radius 3 is 0.919 bits per heavy atom. The van der Waals surface area contributed by atoms with Crippen LogP contribution in [0.1, 0.15) is 28.7 Å². The highest BCUT2D eigenvalue weighted by Gasteiger charge is 2.56. The van der Waals surface area contributed by atoms with Gasteiger partial charge in [0.05, 0.1) is 0 Å². The summed E-state index contributed by atoms with van der Waals surface area (Å²) in [4.78, 5) is 0. The van der Waals surface area contributed by atoms with Crippen molar-refractivity contribution in [3.8, 4) is 22.3 Å². The Kier molecular flexibility index (Phi) is 5.56. The van der Waals surface area contributed by atoms with E-state index in [0.29, 0.717) is 6.42 Å². The van der Waals surface area contributed by atoms with Crippen LogP contribution in [0.4, 0.5) is 0 Å². The van der Waals surface area contributed by atoms with E-state index in [1.807, 2.05) is 0 Å². The van der Waals surface area contributed by atoms with Gasteiger partial charge in [0.1, 0.15) is 11.2 Å². The summed E-state index contributed by atoms with van der Waals surface area (Å²) in [5.74, 6) is 0. The molecule has 0 fully saturated rings. The summed E-state index contributed by atoms with van der Waals surface area (Å²) in [6, 6.07) is 35.4. The first kappa shape index (κ1) is 24.6. The molecule has 4 aromatic carbocycles. The molecule has 4 aromatic rings. The van der Waals surface area contributed by atoms with Crippen LogP contribution < -0.4 is 0 Å². The van der Waals surface area contributed by atoms with Crippen molar-refractivity contribution >= 4 is 16.6 Å². The molecular formula is C33H36O2Si2. The van der Waals surface area contributed by atoms with E-state index in [1.165, 1.54) is 44.5 Å². The molecule has 0 spiro atoms. The lowest BCUT2D eigenvalue weighted by Crippen LogP contribution is -2.49. The van der Waals surface area contributed by atoms with Gasteiger partial charge in [-0.25, -0.2) is 0 Å². The topological polar surface area (TPSA) is 18.5 Å². The van der Waals surface area contributed by atoms with Gasteiger partial charge in [-0.3, -0.25) is 0 Å². The normalized spacial score (nSPS) is 16.6. The van der Waals surface area contributed by atoms with Gasteiger partial charge in [-0.15, -0.1) is 0 Å². The van der Waals surface area contributed by atoms with Gasteiger partial charge in [0, 0.05) is 6.42 Å². The molecule has 0 aromatic heterocycles. The number of hydrogen-bond acceptors (Lipinski definition) is 2. The molecule has 6 rings (SSSR count). The number of fused-ring (bicyclic) bond motifs is 6. The lowest BCUT2D eigenvalue weighted by molar-refractivity contribution is -0.000807. The molecule has 0 radical (unpaired) electrons. The largest absolute Gasteiger partial charge is 0.404 e. The molecule has 188 valence electrons. The van der Waals surface area contributed by atoms with E-state index in [2.05, 4.69) is 136 Å². The molecule has 0 N–H and O–H groups in total. The van der Waals surface area contributed by atoms with Crippen molar-refractivity contribution < 1.29 is 8.85 Å². The third kappa shape index (κ3) is 3.90. The average molecular weight is 521 g/mol. The molecule has 37 heavy (non-hydrogen) atoms. The number of rotatable bonds is 6. The summed E-state index contributed by atoms with van der Waals surface area (Å²) in [6.07, 6.45) is 0.705. The third-order valence-electron chi connectivity index (χ3n) is 7.49. The average Bonchev–Trinajstić information content (AvgIpc) is 3.26. The second-order valence-corrected chi connectivity index (χ2v) is 21.3. The zero-order valence-electron chi connectivity index (χ0n) is 22.8. The second-order valence-electron chi connectivity index (χ2n) is 12.4. The van der Waals surface area contributed by atoms with Gasteiger partial charge < -0.3 is 8.85 Å². The molecule has 0 heterocycles. The van der Waals surface area contributed by atoms with Gasteiger partial charge >= 0.3 is 0 Å². The minimum Gasteiger partial charge on any atom is -0.404 e. The van der Waals surface area contributed by atoms with Crippen molar-refractivity contribution in [1.82, 2.24) is 0 Å². The molecule has 0 bridgehead atoms. The maximum absolute atomic E-state index is 7.45. The van der Waals surface area contributed by atoms with Crippen LogP contribution >= 0.6 is 0 Å². The fourth-order valence-electron chi connectivity index (χ4n) is 6.64. The van der Waals surface area contributed by atoms with Gasteiger partial charge in [0.2, 0.25) is 0 Å². The van der Waals surface area contributed by atoms with Crippen LogP contribution in [0.15, 0.2) is 97.1 Å². The van der Waals surface area contributed by atoms with E-state index in [1.54, 1.807) is 0 Å². The van der Waals surface area contributed by atoms with Crippen LogP contribution in [0.25, 0.3) is 22.3 Å². The Morgan fingerprint density at radius 1 is 0.432 bits per heavy atom. The summed E-state index contributed by atoms with van der Waals surface area (Å²) >= 11 is 0. The zero-order valence-corrected chi connectivity index (χ0v) is 24.8. The Bertz CT molecular complexity index is 1290. The lowest BCUT2D eigenvalue weighted by atomic mass is 9.76. The van der Waals surface area contributed by atoms with Crippen molar-refractivity contribution in [2.75, 3.05) is 0 Å². The Hall–Kier alpha value is -2.77. The van der Waals surface area contributed by atoms with Gasteiger partial charge in [0.15, 0.2) is 16.6 Å². The monoisotopic (exact) mass is 520 g/mol. The third-order valence-corrected chi connectivity index (χ3v) is 9.41. The van der Waals surface area contributed by atoms with Gasteiger partial charge in [-0.2, -0.15) is 0 Å². The van der Waals surface area contributed by atoms with Crippen LogP contribution in [0.2, 0.25) is 39.3 Å². The van der Waals surface area contributed by atoms with Crippen molar-refractivity contribution in [1.29, 1.82) is 0 Å². The lowest BCUT2D eigenvalue weighted by Gasteiger charge is -2.47. The minimum absolute atomic E-state index is 0.609. The molecule has 4 heteroatoms. The standard InChI is InChI=1S/C33H36O2Si2/c1-36(2,3)34-32(28-19-11-7-15-24(28)25-16-8-12-20-29(25)32)23-33(35-37(4,5)6)30-21-13-9-17-26(30)27-18-10-14-22-31(27)33/h7-22H,23H2,1-6H3. The summed E-state index contributed by atoms with van der Waals surface area (Å²) < 4.78 is 14.9. The molecule has 2 aliphatic carbocycles. The van der Waals surface area contributed by atoms with Gasteiger partial charge in [-0.1, -0.05) is 97.1 Å². The smallest absolute Gasteiger partial charge is 0.185 e. The van der Waals surface area contributed by atoms with Crippen molar-refractivity contribution in [3.63, 3.8) is 0 Å². The van der Waals surface area contributed by atoms with Crippen LogP contribution in [0.3, 0.4) is 0 Å². The minimum atomic E-state index is -2.02. The van der Waals surface area contributed by atoms with Crippen molar-refractivity contribution in [2.45, 2.75) is 56.9 Å². The SMILES string of the molecule is C[Si](C)(C)OC1(CC2(O[Si](C)(C)C)c3ccccc3-c3ccccc32)c2ccccc2-c2ccccc21. The maximum atomic E-state index is 7.45. The fourth-order valence-corrected chi connectivity index (χ4v) is 9.31. The molecule has 2 aliphatic rings. The second kappa shape index (κ2) is 8.37. The van der Waals surface area contributed by atoms with Crippen LogP contribution in [-0.2, 0) is 20.1 Å². The van der Waals surface area contributed by atoms with E-state index in [9.17, 15) is 0 Å². The molecule has 0 atom stereocenters. The number of benzene rings is 4. The Labute approximate surface area is 223 Å². The summed E-state index contributed by atoms with van der Waals surface area (Å²) in [6.45, 7) is 13.8. The van der Waals surface area contributed by atoms with Gasteiger partial charge in [-0.05, 0) is 83.8 Å². The Balaban J connectivity index is 1.69. The molecule has 0 amide bonds. The van der Waals surface area contributed by atoms with Crippen LogP contribution in [0.5, 0.6) is 0 Å². The highest BCUT2D eigenvalue weighted by molar-refractivity contribution is 6.70. The molecule has 0 aliphatic heterocycles. The Morgan fingerprint density at radius 2 is 0.676 bits per heavy atom. The fraction of sp³-hybridized carbons (Fsp3) is 0.273. The van der Waals surface area contributed by atoms with E-state index in [0.717, 1.165) is 0 Å².